The van der Waals surface area contributed by atoms with Crippen molar-refractivity contribution >= 4 is 5.65 Å². The minimum atomic E-state index is 0.443. The lowest BCUT2D eigenvalue weighted by Crippen LogP contribution is -1.94. The Hall–Kier alpha value is -1.82. The molecule has 2 aromatic rings. The molecule has 0 N–H and O–H groups in total. The van der Waals surface area contributed by atoms with Crippen LogP contribution >= 0.6 is 0 Å². The van der Waals surface area contributed by atoms with Gasteiger partial charge in [-0.1, -0.05) is 13.8 Å². The lowest BCUT2D eigenvalue weighted by atomic mass is 10.1. The maximum atomic E-state index is 8.73. The number of imidazole rings is 1. The maximum Gasteiger partial charge on any atom is 0.138 e. The second-order valence-electron chi connectivity index (χ2n) is 3.59. The Labute approximate surface area is 82.6 Å². The van der Waals surface area contributed by atoms with E-state index in [-0.39, 0.29) is 0 Å². The number of nitriles is 1. The Balaban J connectivity index is 2.67. The average Bonchev–Trinajstić information content (AvgIpc) is 2.59. The fourth-order valence-electron chi connectivity index (χ4n) is 1.50. The van der Waals surface area contributed by atoms with Crippen LogP contribution in [0.1, 0.15) is 31.0 Å². The molecule has 0 saturated heterocycles. The van der Waals surface area contributed by atoms with Gasteiger partial charge in [-0.15, -0.1) is 0 Å². The molecule has 0 atom stereocenters. The SMILES string of the molecule is CC(C)c1cnc2cc(C#N)ccn12. The normalized spacial score (nSPS) is 10.7. The highest BCUT2D eigenvalue weighted by molar-refractivity contribution is 5.47. The van der Waals surface area contributed by atoms with Crippen LogP contribution < -0.4 is 0 Å². The van der Waals surface area contributed by atoms with E-state index >= 15 is 0 Å². The van der Waals surface area contributed by atoms with Gasteiger partial charge in [0.1, 0.15) is 5.65 Å². The number of fused-ring (bicyclic) bond motifs is 1. The third-order valence-electron chi connectivity index (χ3n) is 2.26. The molecule has 2 aromatic heterocycles. The molecule has 0 saturated carbocycles. The van der Waals surface area contributed by atoms with E-state index in [9.17, 15) is 0 Å². The molecule has 2 heterocycles. The summed E-state index contributed by atoms with van der Waals surface area (Å²) in [5.41, 5.74) is 2.66. The van der Waals surface area contributed by atoms with Gasteiger partial charge in [-0.25, -0.2) is 4.98 Å². The van der Waals surface area contributed by atoms with E-state index in [1.165, 1.54) is 5.69 Å². The van der Waals surface area contributed by atoms with Crippen LogP contribution in [0.5, 0.6) is 0 Å². The fraction of sp³-hybridized carbons (Fsp3) is 0.273. The monoisotopic (exact) mass is 185 g/mol. The van der Waals surface area contributed by atoms with Gasteiger partial charge in [-0.3, -0.25) is 0 Å². The first-order valence-electron chi connectivity index (χ1n) is 4.59. The summed E-state index contributed by atoms with van der Waals surface area (Å²) in [7, 11) is 0. The minimum absolute atomic E-state index is 0.443. The number of hydrogen-bond donors (Lipinski definition) is 0. The van der Waals surface area contributed by atoms with Gasteiger partial charge in [-0.2, -0.15) is 5.26 Å². The van der Waals surface area contributed by atoms with E-state index in [2.05, 4.69) is 24.9 Å². The Morgan fingerprint density at radius 2 is 2.29 bits per heavy atom. The van der Waals surface area contributed by atoms with Crippen molar-refractivity contribution in [1.29, 1.82) is 5.26 Å². The van der Waals surface area contributed by atoms with Gasteiger partial charge in [0.25, 0.3) is 0 Å². The van der Waals surface area contributed by atoms with Crippen molar-refractivity contribution in [1.82, 2.24) is 9.38 Å². The highest BCUT2D eigenvalue weighted by atomic mass is 15.0. The molecule has 2 rings (SSSR count). The van der Waals surface area contributed by atoms with Gasteiger partial charge in [0.05, 0.1) is 11.6 Å². The summed E-state index contributed by atoms with van der Waals surface area (Å²) in [6, 6.07) is 5.71. The fourth-order valence-corrected chi connectivity index (χ4v) is 1.50. The summed E-state index contributed by atoms with van der Waals surface area (Å²) >= 11 is 0. The summed E-state index contributed by atoms with van der Waals surface area (Å²) in [4.78, 5) is 4.26. The van der Waals surface area contributed by atoms with Crippen molar-refractivity contribution in [3.63, 3.8) is 0 Å². The van der Waals surface area contributed by atoms with Gasteiger partial charge < -0.3 is 4.40 Å². The van der Waals surface area contributed by atoms with E-state index in [4.69, 9.17) is 5.26 Å². The molecule has 0 fully saturated rings. The molecule has 0 aromatic carbocycles. The molecule has 0 aliphatic heterocycles. The van der Waals surface area contributed by atoms with Crippen LogP contribution in [0.25, 0.3) is 5.65 Å². The van der Waals surface area contributed by atoms with Crippen LogP contribution in [-0.4, -0.2) is 9.38 Å². The lowest BCUT2D eigenvalue weighted by Gasteiger charge is -2.03. The first kappa shape index (κ1) is 8.76. The van der Waals surface area contributed by atoms with Crippen LogP contribution in [0.3, 0.4) is 0 Å². The minimum Gasteiger partial charge on any atom is -0.304 e. The molecule has 70 valence electrons. The quantitative estimate of drug-likeness (QED) is 0.684. The van der Waals surface area contributed by atoms with Crippen molar-refractivity contribution in [2.24, 2.45) is 0 Å². The molecule has 0 radical (unpaired) electrons. The smallest absolute Gasteiger partial charge is 0.138 e. The van der Waals surface area contributed by atoms with Gasteiger partial charge in [0, 0.05) is 18.1 Å². The molecule has 0 bridgehead atoms. The molecule has 0 spiro atoms. The second-order valence-corrected chi connectivity index (χ2v) is 3.59. The first-order valence-corrected chi connectivity index (χ1v) is 4.59. The third-order valence-corrected chi connectivity index (χ3v) is 2.26. The molecule has 3 heteroatoms. The zero-order chi connectivity index (χ0) is 10.1. The van der Waals surface area contributed by atoms with Crippen molar-refractivity contribution in [3.8, 4) is 6.07 Å². The van der Waals surface area contributed by atoms with E-state index in [0.29, 0.717) is 11.5 Å². The predicted octanol–water partition coefficient (Wildman–Crippen LogP) is 2.33. The van der Waals surface area contributed by atoms with Gasteiger partial charge in [-0.05, 0) is 18.1 Å². The number of rotatable bonds is 1. The summed E-state index contributed by atoms with van der Waals surface area (Å²) in [5, 5.41) is 8.73. The molecule has 0 aliphatic rings. The molecule has 14 heavy (non-hydrogen) atoms. The van der Waals surface area contributed by atoms with Crippen LogP contribution in [0.15, 0.2) is 24.5 Å². The van der Waals surface area contributed by atoms with Crippen LogP contribution in [-0.2, 0) is 0 Å². The van der Waals surface area contributed by atoms with Crippen LogP contribution in [0.2, 0.25) is 0 Å². The summed E-state index contributed by atoms with van der Waals surface area (Å²) in [6.45, 7) is 4.25. The van der Waals surface area contributed by atoms with Crippen molar-refractivity contribution < 1.29 is 0 Å². The Kier molecular flexibility index (Phi) is 1.97. The Bertz CT molecular complexity index is 503. The largest absolute Gasteiger partial charge is 0.304 e. The van der Waals surface area contributed by atoms with Crippen molar-refractivity contribution in [2.45, 2.75) is 19.8 Å². The van der Waals surface area contributed by atoms with Crippen molar-refractivity contribution in [2.75, 3.05) is 0 Å². The van der Waals surface area contributed by atoms with Crippen molar-refractivity contribution in [3.05, 3.63) is 35.8 Å². The van der Waals surface area contributed by atoms with Gasteiger partial charge in [0.15, 0.2) is 0 Å². The van der Waals surface area contributed by atoms with Crippen LogP contribution in [0.4, 0.5) is 0 Å². The lowest BCUT2D eigenvalue weighted by molar-refractivity contribution is 0.808. The number of nitrogens with zero attached hydrogens (tertiary/aromatic N) is 3. The second kappa shape index (κ2) is 3.15. The molecular formula is C11H11N3. The molecule has 0 amide bonds. The predicted molar refractivity (Wildman–Crippen MR) is 54.0 cm³/mol. The molecular weight excluding hydrogens is 174 g/mol. The van der Waals surface area contributed by atoms with E-state index < -0.39 is 0 Å². The van der Waals surface area contributed by atoms with Gasteiger partial charge in [0.2, 0.25) is 0 Å². The summed E-state index contributed by atoms with van der Waals surface area (Å²) in [6.07, 6.45) is 3.76. The standard InChI is InChI=1S/C11H11N3/c1-8(2)10-7-13-11-5-9(6-12)3-4-14(10)11/h3-5,7-8H,1-2H3. The number of pyridine rings is 1. The van der Waals surface area contributed by atoms with E-state index in [1.807, 2.05) is 16.8 Å². The zero-order valence-corrected chi connectivity index (χ0v) is 8.23. The third kappa shape index (κ3) is 1.25. The van der Waals surface area contributed by atoms with E-state index in [1.54, 1.807) is 12.1 Å². The zero-order valence-electron chi connectivity index (χ0n) is 8.23. The topological polar surface area (TPSA) is 41.1 Å². The maximum absolute atomic E-state index is 8.73. The molecule has 3 nitrogen and oxygen atoms in total. The highest BCUT2D eigenvalue weighted by Crippen LogP contribution is 2.16. The molecule has 0 aliphatic carbocycles. The van der Waals surface area contributed by atoms with Gasteiger partial charge >= 0.3 is 0 Å². The Morgan fingerprint density at radius 1 is 1.50 bits per heavy atom. The summed E-state index contributed by atoms with van der Waals surface area (Å²) < 4.78 is 2.02. The number of aromatic nitrogens is 2. The molecule has 0 unspecified atom stereocenters. The van der Waals surface area contributed by atoms with Crippen LogP contribution in [0, 0.1) is 11.3 Å². The highest BCUT2D eigenvalue weighted by Gasteiger charge is 2.06. The number of hydrogen-bond acceptors (Lipinski definition) is 2. The first-order chi connectivity index (χ1) is 6.72. The average molecular weight is 185 g/mol. The Morgan fingerprint density at radius 3 is 2.93 bits per heavy atom. The van der Waals surface area contributed by atoms with E-state index in [0.717, 1.165) is 5.65 Å². The summed E-state index contributed by atoms with van der Waals surface area (Å²) in [5.74, 6) is 0.443.